The van der Waals surface area contributed by atoms with Crippen molar-refractivity contribution in [1.29, 1.82) is 0 Å². The first-order valence-corrected chi connectivity index (χ1v) is 9.50. The summed E-state index contributed by atoms with van der Waals surface area (Å²) in [6.45, 7) is 6.27. The summed E-state index contributed by atoms with van der Waals surface area (Å²) < 4.78 is 24.6. The molecule has 1 N–H and O–H groups in total. The third kappa shape index (κ3) is 3.53. The van der Waals surface area contributed by atoms with Crippen molar-refractivity contribution in [3.05, 3.63) is 23.4 Å². The Balaban J connectivity index is 0.000000847. The number of anilines is 1. The maximum absolute atomic E-state index is 11.5. The van der Waals surface area contributed by atoms with E-state index in [1.807, 2.05) is 26.0 Å². The van der Waals surface area contributed by atoms with Gasteiger partial charge in [0.25, 0.3) is 0 Å². The summed E-state index contributed by atoms with van der Waals surface area (Å²) in [6.07, 6.45) is 3.01. The standard InChI is InChI=1S/C12H15ClN4O2S.C2H6/c1-20(18,19)17-4-2-16(3-5-17)12-7-9(13)6-11-10(12)8-14-15-11;1-2/h6-8H,2-5H2,1H3,(H,14,15);1-2H3. The van der Waals surface area contributed by atoms with Crippen molar-refractivity contribution in [3.63, 3.8) is 0 Å². The molecule has 1 aliphatic heterocycles. The summed E-state index contributed by atoms with van der Waals surface area (Å²) in [4.78, 5) is 2.14. The van der Waals surface area contributed by atoms with Gasteiger partial charge in [0.15, 0.2) is 0 Å². The second-order valence-corrected chi connectivity index (χ2v) is 7.32. The molecule has 0 atom stereocenters. The van der Waals surface area contributed by atoms with Crippen molar-refractivity contribution in [1.82, 2.24) is 14.5 Å². The first-order valence-electron chi connectivity index (χ1n) is 7.28. The number of hydrogen-bond acceptors (Lipinski definition) is 4. The average molecular weight is 345 g/mol. The van der Waals surface area contributed by atoms with Crippen molar-refractivity contribution in [3.8, 4) is 0 Å². The summed E-state index contributed by atoms with van der Waals surface area (Å²) in [5, 5.41) is 8.58. The van der Waals surface area contributed by atoms with Gasteiger partial charge in [0.05, 0.1) is 18.0 Å². The number of benzene rings is 1. The lowest BCUT2D eigenvalue weighted by Gasteiger charge is -2.35. The highest BCUT2D eigenvalue weighted by Gasteiger charge is 2.24. The summed E-state index contributed by atoms with van der Waals surface area (Å²) in [5.74, 6) is 0. The molecule has 0 saturated carbocycles. The van der Waals surface area contributed by atoms with Gasteiger partial charge in [-0.15, -0.1) is 0 Å². The predicted molar refractivity (Wildman–Crippen MR) is 91.1 cm³/mol. The zero-order valence-electron chi connectivity index (χ0n) is 13.0. The Labute approximate surface area is 136 Å². The summed E-state index contributed by atoms with van der Waals surface area (Å²) in [7, 11) is -3.11. The number of halogens is 1. The third-order valence-electron chi connectivity index (χ3n) is 3.55. The van der Waals surface area contributed by atoms with Crippen molar-refractivity contribution in [2.75, 3.05) is 37.3 Å². The largest absolute Gasteiger partial charge is 0.368 e. The fourth-order valence-electron chi connectivity index (χ4n) is 2.52. The van der Waals surface area contributed by atoms with E-state index in [9.17, 15) is 8.42 Å². The molecule has 0 aliphatic carbocycles. The minimum atomic E-state index is -3.11. The molecule has 8 heteroatoms. The van der Waals surface area contributed by atoms with Crippen LogP contribution in [-0.2, 0) is 10.0 Å². The van der Waals surface area contributed by atoms with E-state index in [4.69, 9.17) is 11.6 Å². The molecule has 2 heterocycles. The van der Waals surface area contributed by atoms with Crippen LogP contribution in [0, 0.1) is 0 Å². The maximum Gasteiger partial charge on any atom is 0.211 e. The van der Waals surface area contributed by atoms with Gasteiger partial charge in [0.1, 0.15) is 0 Å². The Kier molecular flexibility index (Phi) is 5.31. The van der Waals surface area contributed by atoms with E-state index in [0.29, 0.717) is 31.2 Å². The number of nitrogens with one attached hydrogen (secondary N) is 1. The SMILES string of the molecule is CC.CS(=O)(=O)N1CCN(c2cc(Cl)cc3[nH]ncc23)CC1. The van der Waals surface area contributed by atoms with Crippen molar-refractivity contribution >= 4 is 38.2 Å². The van der Waals surface area contributed by atoms with Gasteiger partial charge in [-0.1, -0.05) is 25.4 Å². The molecule has 2 aromatic rings. The van der Waals surface area contributed by atoms with Crippen LogP contribution in [0.25, 0.3) is 10.9 Å². The molecular formula is C14H21ClN4O2S. The molecular weight excluding hydrogens is 324 g/mol. The molecule has 1 fully saturated rings. The Hall–Kier alpha value is -1.31. The molecule has 6 nitrogen and oxygen atoms in total. The highest BCUT2D eigenvalue weighted by molar-refractivity contribution is 7.88. The van der Waals surface area contributed by atoms with Gasteiger partial charge in [-0.05, 0) is 12.1 Å². The van der Waals surface area contributed by atoms with Crippen LogP contribution in [-0.4, -0.2) is 55.4 Å². The topological polar surface area (TPSA) is 69.3 Å². The van der Waals surface area contributed by atoms with Crippen molar-refractivity contribution < 1.29 is 8.42 Å². The Bertz CT molecular complexity index is 736. The first-order chi connectivity index (χ1) is 10.4. The number of fused-ring (bicyclic) bond motifs is 1. The zero-order valence-corrected chi connectivity index (χ0v) is 14.6. The van der Waals surface area contributed by atoms with E-state index in [0.717, 1.165) is 16.6 Å². The molecule has 0 radical (unpaired) electrons. The summed E-state index contributed by atoms with van der Waals surface area (Å²) >= 11 is 6.12. The summed E-state index contributed by atoms with van der Waals surface area (Å²) in [5.41, 5.74) is 1.88. The molecule has 0 spiro atoms. The maximum atomic E-state index is 11.5. The minimum absolute atomic E-state index is 0.491. The number of aromatic nitrogens is 2. The molecule has 0 unspecified atom stereocenters. The quantitative estimate of drug-likeness (QED) is 0.907. The van der Waals surface area contributed by atoms with Gasteiger partial charge in [-0.25, -0.2) is 8.42 Å². The lowest BCUT2D eigenvalue weighted by Crippen LogP contribution is -2.48. The number of sulfonamides is 1. The molecule has 22 heavy (non-hydrogen) atoms. The predicted octanol–water partition coefficient (Wildman–Crippen LogP) is 2.32. The molecule has 1 saturated heterocycles. The van der Waals surface area contributed by atoms with Crippen LogP contribution < -0.4 is 4.90 Å². The van der Waals surface area contributed by atoms with E-state index in [-0.39, 0.29) is 0 Å². The lowest BCUT2D eigenvalue weighted by molar-refractivity contribution is 0.388. The molecule has 1 aromatic heterocycles. The van der Waals surface area contributed by atoms with Crippen LogP contribution in [0.5, 0.6) is 0 Å². The van der Waals surface area contributed by atoms with Gasteiger partial charge in [0, 0.05) is 42.3 Å². The fraction of sp³-hybridized carbons (Fsp3) is 0.500. The van der Waals surface area contributed by atoms with E-state index >= 15 is 0 Å². The van der Waals surface area contributed by atoms with Crippen molar-refractivity contribution in [2.24, 2.45) is 0 Å². The number of piperazine rings is 1. The van der Waals surface area contributed by atoms with E-state index in [1.54, 1.807) is 6.20 Å². The highest BCUT2D eigenvalue weighted by Crippen LogP contribution is 2.30. The number of rotatable bonds is 2. The van der Waals surface area contributed by atoms with Crippen LogP contribution in [0.4, 0.5) is 5.69 Å². The number of aromatic amines is 1. The Morgan fingerprint density at radius 2 is 1.82 bits per heavy atom. The molecule has 3 rings (SSSR count). The van der Waals surface area contributed by atoms with E-state index in [1.165, 1.54) is 10.6 Å². The molecule has 122 valence electrons. The Morgan fingerprint density at radius 3 is 2.41 bits per heavy atom. The summed E-state index contributed by atoms with van der Waals surface area (Å²) in [6, 6.07) is 3.73. The van der Waals surface area contributed by atoms with Gasteiger partial charge in [0.2, 0.25) is 10.0 Å². The van der Waals surface area contributed by atoms with Gasteiger partial charge in [-0.3, -0.25) is 5.10 Å². The minimum Gasteiger partial charge on any atom is -0.368 e. The lowest BCUT2D eigenvalue weighted by atomic mass is 10.2. The number of H-pyrrole nitrogens is 1. The van der Waals surface area contributed by atoms with Crippen LogP contribution in [0.15, 0.2) is 18.3 Å². The van der Waals surface area contributed by atoms with Crippen LogP contribution in [0.3, 0.4) is 0 Å². The second-order valence-electron chi connectivity index (χ2n) is 4.91. The smallest absolute Gasteiger partial charge is 0.211 e. The zero-order chi connectivity index (χ0) is 16.3. The molecule has 0 bridgehead atoms. The monoisotopic (exact) mass is 344 g/mol. The third-order valence-corrected chi connectivity index (χ3v) is 5.07. The van der Waals surface area contributed by atoms with Gasteiger partial charge >= 0.3 is 0 Å². The van der Waals surface area contributed by atoms with Gasteiger partial charge < -0.3 is 4.90 Å². The van der Waals surface area contributed by atoms with E-state index < -0.39 is 10.0 Å². The van der Waals surface area contributed by atoms with E-state index in [2.05, 4.69) is 15.1 Å². The Morgan fingerprint density at radius 1 is 1.18 bits per heavy atom. The number of hydrogen-bond donors (Lipinski definition) is 1. The molecule has 1 aliphatic rings. The van der Waals surface area contributed by atoms with Gasteiger partial charge in [-0.2, -0.15) is 9.40 Å². The first kappa shape index (κ1) is 17.1. The van der Waals surface area contributed by atoms with Crippen molar-refractivity contribution in [2.45, 2.75) is 13.8 Å². The molecule has 1 aromatic carbocycles. The average Bonchev–Trinajstić information content (AvgIpc) is 2.96. The molecule has 0 amide bonds. The van der Waals surface area contributed by atoms with Crippen LogP contribution in [0.1, 0.15) is 13.8 Å². The highest BCUT2D eigenvalue weighted by atomic mass is 35.5. The van der Waals surface area contributed by atoms with Crippen LogP contribution >= 0.6 is 11.6 Å². The van der Waals surface area contributed by atoms with Crippen LogP contribution in [0.2, 0.25) is 5.02 Å². The second kappa shape index (κ2) is 6.85. The fourth-order valence-corrected chi connectivity index (χ4v) is 3.56. The normalized spacial score (nSPS) is 16.5. The number of nitrogens with zero attached hydrogens (tertiary/aromatic N) is 3.